The van der Waals surface area contributed by atoms with Gasteiger partial charge >= 0.3 is 0 Å². The number of hydrogen-bond acceptors (Lipinski definition) is 0. The fourth-order valence-corrected chi connectivity index (χ4v) is 7.90. The van der Waals surface area contributed by atoms with Crippen LogP contribution in [0.3, 0.4) is 0 Å². The number of hydrogen-bond donors (Lipinski definition) is 0. The molecule has 5 rings (SSSR count). The van der Waals surface area contributed by atoms with Crippen LogP contribution in [-0.4, -0.2) is 0 Å². The van der Waals surface area contributed by atoms with Gasteiger partial charge in [-0.15, -0.1) is 0 Å². The van der Waals surface area contributed by atoms with Crippen molar-refractivity contribution >= 4 is 0 Å². The first kappa shape index (κ1) is 21.1. The molecule has 0 nitrogen and oxygen atoms in total. The van der Waals surface area contributed by atoms with Crippen LogP contribution >= 0.6 is 0 Å². The van der Waals surface area contributed by atoms with E-state index >= 15 is 0 Å². The lowest BCUT2D eigenvalue weighted by Crippen LogP contribution is -2.20. The molecule has 1 aromatic carbocycles. The van der Waals surface area contributed by atoms with E-state index in [0.717, 1.165) is 23.7 Å². The molecule has 0 N–H and O–H groups in total. The zero-order valence-corrected chi connectivity index (χ0v) is 19.6. The Hall–Kier alpha value is -0.780. The maximum atomic E-state index is 2.69. The summed E-state index contributed by atoms with van der Waals surface area (Å²) >= 11 is 0. The summed E-state index contributed by atoms with van der Waals surface area (Å²) in [6.07, 6.45) is 29.5. The molecule has 0 saturated heterocycles. The minimum Gasteiger partial charge on any atom is -0.0582 e. The van der Waals surface area contributed by atoms with Gasteiger partial charge in [-0.2, -0.15) is 0 Å². The van der Waals surface area contributed by atoms with Crippen LogP contribution in [-0.2, 0) is 0 Å². The zero-order chi connectivity index (χ0) is 20.2. The van der Waals surface area contributed by atoms with Crippen LogP contribution in [0.2, 0.25) is 0 Å². The second-order valence-corrected chi connectivity index (χ2v) is 11.4. The summed E-state index contributed by atoms with van der Waals surface area (Å²) in [7, 11) is 0. The predicted molar refractivity (Wildman–Crippen MR) is 130 cm³/mol. The molecule has 0 unspecified atom stereocenters. The molecule has 0 bridgehead atoms. The predicted octanol–water partition coefficient (Wildman–Crippen LogP) is 9.88. The topological polar surface area (TPSA) is 0 Å². The molecule has 0 atom stereocenters. The largest absolute Gasteiger partial charge is 0.0582 e. The Kier molecular flexibility index (Phi) is 7.19. The molecule has 0 aliphatic heterocycles. The Labute approximate surface area is 186 Å². The van der Waals surface area contributed by atoms with E-state index in [2.05, 4.69) is 12.1 Å². The first-order valence-electron chi connectivity index (χ1n) is 14.1. The van der Waals surface area contributed by atoms with Crippen LogP contribution in [0.15, 0.2) is 12.1 Å². The third-order valence-corrected chi connectivity index (χ3v) is 9.47. The van der Waals surface area contributed by atoms with Gasteiger partial charge in [0.25, 0.3) is 0 Å². The zero-order valence-electron chi connectivity index (χ0n) is 19.6. The van der Waals surface area contributed by atoms with Gasteiger partial charge in [-0.25, -0.2) is 0 Å². The first-order chi connectivity index (χ1) is 14.9. The van der Waals surface area contributed by atoms with Crippen molar-refractivity contribution in [1.29, 1.82) is 0 Å². The number of rotatable bonds is 4. The van der Waals surface area contributed by atoms with E-state index in [-0.39, 0.29) is 0 Å². The van der Waals surface area contributed by atoms with Gasteiger partial charge < -0.3 is 0 Å². The molecule has 1 aromatic rings. The molecule has 0 aromatic heterocycles. The molecule has 4 fully saturated rings. The van der Waals surface area contributed by atoms with E-state index in [4.69, 9.17) is 0 Å². The van der Waals surface area contributed by atoms with E-state index in [1.807, 2.05) is 22.3 Å². The van der Waals surface area contributed by atoms with E-state index < -0.39 is 0 Å². The second-order valence-electron chi connectivity index (χ2n) is 11.4. The van der Waals surface area contributed by atoms with Crippen molar-refractivity contribution in [3.8, 4) is 0 Å². The molecule has 4 saturated carbocycles. The quantitative estimate of drug-likeness (QED) is 0.466. The summed E-state index contributed by atoms with van der Waals surface area (Å²) in [6.45, 7) is 0. The van der Waals surface area contributed by atoms with Gasteiger partial charge in [0, 0.05) is 0 Å². The minimum absolute atomic E-state index is 0.874. The van der Waals surface area contributed by atoms with E-state index in [9.17, 15) is 0 Å². The van der Waals surface area contributed by atoms with Gasteiger partial charge in [-0.3, -0.25) is 0 Å². The normalized spacial score (nSPS) is 26.1. The van der Waals surface area contributed by atoms with Gasteiger partial charge in [-0.05, 0) is 97.3 Å². The summed E-state index contributed by atoms with van der Waals surface area (Å²) in [5.74, 6) is 3.52. The maximum absolute atomic E-state index is 2.69. The van der Waals surface area contributed by atoms with Gasteiger partial charge in [0.15, 0.2) is 0 Å². The fraction of sp³-hybridized carbons (Fsp3) is 0.800. The van der Waals surface area contributed by atoms with Crippen molar-refractivity contribution in [3.63, 3.8) is 0 Å². The molecule has 0 heteroatoms. The highest BCUT2D eigenvalue weighted by Gasteiger charge is 2.33. The molecule has 0 heterocycles. The highest BCUT2D eigenvalue weighted by Crippen LogP contribution is 2.50. The third kappa shape index (κ3) is 4.54. The molecule has 30 heavy (non-hydrogen) atoms. The molecular weight excluding hydrogens is 360 g/mol. The Bertz CT molecular complexity index is 603. The maximum Gasteiger partial charge on any atom is -0.0156 e. The smallest absolute Gasteiger partial charge is 0.0156 e. The van der Waals surface area contributed by atoms with Crippen molar-refractivity contribution in [1.82, 2.24) is 0 Å². The van der Waals surface area contributed by atoms with Crippen LogP contribution in [0.25, 0.3) is 0 Å². The summed E-state index contributed by atoms with van der Waals surface area (Å²) in [5, 5.41) is 0. The van der Waals surface area contributed by atoms with E-state index in [1.54, 1.807) is 0 Å². The Morgan fingerprint density at radius 3 is 0.900 bits per heavy atom. The highest BCUT2D eigenvalue weighted by molar-refractivity contribution is 5.49. The molecule has 166 valence electrons. The summed E-state index contributed by atoms with van der Waals surface area (Å²) in [5.41, 5.74) is 7.61. The van der Waals surface area contributed by atoms with Crippen LogP contribution in [0, 0.1) is 0 Å². The average molecular weight is 407 g/mol. The fourth-order valence-electron chi connectivity index (χ4n) is 7.90. The monoisotopic (exact) mass is 406 g/mol. The lowest BCUT2D eigenvalue weighted by atomic mass is 9.67. The lowest BCUT2D eigenvalue weighted by molar-refractivity contribution is 0.394. The number of benzene rings is 1. The van der Waals surface area contributed by atoms with Crippen molar-refractivity contribution in [2.45, 2.75) is 152 Å². The Balaban J connectivity index is 1.62. The molecule has 0 spiro atoms. The third-order valence-electron chi connectivity index (χ3n) is 9.47. The van der Waals surface area contributed by atoms with Crippen LogP contribution in [0.4, 0.5) is 0 Å². The average Bonchev–Trinajstić information content (AvgIpc) is 2.85. The lowest BCUT2D eigenvalue weighted by Gasteiger charge is -2.38. The highest BCUT2D eigenvalue weighted by atomic mass is 14.4. The van der Waals surface area contributed by atoms with E-state index in [0.29, 0.717) is 0 Å². The van der Waals surface area contributed by atoms with Crippen LogP contribution in [0.5, 0.6) is 0 Å². The first-order valence-corrected chi connectivity index (χ1v) is 14.1. The van der Waals surface area contributed by atoms with Crippen molar-refractivity contribution < 1.29 is 0 Å². The summed E-state index contributed by atoms with van der Waals surface area (Å²) in [6, 6.07) is 5.38. The van der Waals surface area contributed by atoms with Gasteiger partial charge in [0.1, 0.15) is 0 Å². The summed E-state index contributed by atoms with van der Waals surface area (Å²) < 4.78 is 0. The molecule has 4 aliphatic carbocycles. The second kappa shape index (κ2) is 10.2. The Morgan fingerprint density at radius 2 is 0.600 bits per heavy atom. The van der Waals surface area contributed by atoms with Crippen LogP contribution < -0.4 is 0 Å². The summed E-state index contributed by atoms with van der Waals surface area (Å²) in [4.78, 5) is 0. The van der Waals surface area contributed by atoms with Gasteiger partial charge in [0.05, 0.1) is 0 Å². The molecule has 0 radical (unpaired) electrons. The SMILES string of the molecule is c1cc(C2CCCCC2)c(C2CCCCC2)c(C2CCCCC2)c1C1CCCCC1. The van der Waals surface area contributed by atoms with Crippen molar-refractivity contribution in [2.24, 2.45) is 0 Å². The van der Waals surface area contributed by atoms with Crippen molar-refractivity contribution in [3.05, 3.63) is 34.4 Å². The standard InChI is InChI=1S/C30H46/c1-5-13-23(14-6-1)27-21-22-28(24-15-7-2-8-16-24)30(26-19-11-4-12-20-26)29(27)25-17-9-3-10-18-25/h21-26H,1-20H2. The molecule has 4 aliphatic rings. The molecular formula is C30H46. The van der Waals surface area contributed by atoms with Gasteiger partial charge in [0.2, 0.25) is 0 Å². The Morgan fingerprint density at radius 1 is 0.333 bits per heavy atom. The minimum atomic E-state index is 0.874. The van der Waals surface area contributed by atoms with Gasteiger partial charge in [-0.1, -0.05) is 89.2 Å². The van der Waals surface area contributed by atoms with Crippen molar-refractivity contribution in [2.75, 3.05) is 0 Å². The van der Waals surface area contributed by atoms with E-state index in [1.165, 1.54) is 128 Å². The van der Waals surface area contributed by atoms with Crippen LogP contribution in [0.1, 0.15) is 174 Å². The molecule has 0 amide bonds.